The Morgan fingerprint density at radius 2 is 1.75 bits per heavy atom. The summed E-state index contributed by atoms with van der Waals surface area (Å²) in [6.07, 6.45) is 0. The van der Waals surface area contributed by atoms with E-state index < -0.39 is 0 Å². The van der Waals surface area contributed by atoms with E-state index in [0.29, 0.717) is 0 Å². The third kappa shape index (κ3) is 8.82. The smallest absolute Gasteiger partial charge is 0 e. The summed E-state index contributed by atoms with van der Waals surface area (Å²) in [5.74, 6) is 0. The van der Waals surface area contributed by atoms with Crippen molar-refractivity contribution in [3.8, 4) is 0 Å². The molecule has 0 nitrogen and oxygen atoms in total. The fourth-order valence-electron chi connectivity index (χ4n) is 0. The molecule has 0 aliphatic heterocycles. The summed E-state index contributed by atoms with van der Waals surface area (Å²) in [5.41, 5.74) is 0. The van der Waals surface area contributed by atoms with Crippen LogP contribution in [0.1, 0.15) is 0 Å². The summed E-state index contributed by atoms with van der Waals surface area (Å²) < 4.78 is 0. The van der Waals surface area contributed by atoms with Gasteiger partial charge >= 0.3 is 45.9 Å². The molecule has 0 amide bonds. The van der Waals surface area contributed by atoms with Crippen molar-refractivity contribution in [2.45, 2.75) is 0 Å². The van der Waals surface area contributed by atoms with Gasteiger partial charge < -0.3 is 0 Å². The minimum Gasteiger partial charge on any atom is 0 e. The second-order valence-corrected chi connectivity index (χ2v) is 8.88. The topological polar surface area (TPSA) is 0 Å². The van der Waals surface area contributed by atoms with E-state index >= 15 is 0 Å². The predicted octanol–water partition coefficient (Wildman–Crippen LogP) is 1.73. The first-order valence-electron chi connectivity index (χ1n) is 0.228. The molecule has 0 aliphatic rings. The first-order chi connectivity index (χ1) is 1.41. The molecule has 0 aromatic carbocycles. The molecule has 0 unspecified atom stereocenters. The molecule has 0 aromatic rings. The van der Waals surface area contributed by atoms with Crippen LogP contribution in [0.5, 0.6) is 0 Å². The van der Waals surface area contributed by atoms with Gasteiger partial charge in [0.1, 0.15) is 0 Å². The Kier molecular flexibility index (Phi) is 22.0. The molecule has 36 valence electrons. The van der Waals surface area contributed by atoms with Crippen molar-refractivity contribution < 1.29 is 30.9 Å². The Hall–Kier alpha value is 2.47. The SMILES string of the molecule is [Br][Ag][I].[Cu]. The molecular formula is AgBrCuI. The molecule has 0 heterocycles. The van der Waals surface area contributed by atoms with Crippen LogP contribution in [0, 0.1) is 0 Å². The fraction of sp³-hybridized carbons (Fsp3) is 0. The van der Waals surface area contributed by atoms with Crippen LogP contribution in [-0.2, 0) is 30.9 Å². The van der Waals surface area contributed by atoms with E-state index in [9.17, 15) is 0 Å². The van der Waals surface area contributed by atoms with Gasteiger partial charge in [0.05, 0.1) is 0 Å². The molecular weight excluding hydrogens is 378 g/mol. The Morgan fingerprint density at radius 3 is 1.75 bits per heavy atom. The van der Waals surface area contributed by atoms with Gasteiger partial charge in [0, 0.05) is 17.1 Å². The Bertz CT molecular complexity index is 8.00. The van der Waals surface area contributed by atoms with E-state index in [1.165, 1.54) is 0 Å². The normalized spacial score (nSPS) is 5.50. The molecule has 0 aliphatic carbocycles. The van der Waals surface area contributed by atoms with E-state index in [2.05, 4.69) is 32.0 Å². The molecule has 0 aromatic heterocycles. The summed E-state index contributed by atoms with van der Waals surface area (Å²) in [7, 11) is 0. The van der Waals surface area contributed by atoms with E-state index in [4.69, 9.17) is 0 Å². The molecule has 0 spiro atoms. The quantitative estimate of drug-likeness (QED) is 0.445. The van der Waals surface area contributed by atoms with Gasteiger partial charge in [0.2, 0.25) is 0 Å². The summed E-state index contributed by atoms with van der Waals surface area (Å²) >= 11 is 6.25. The molecule has 4 heteroatoms. The van der Waals surface area contributed by atoms with Crippen molar-refractivity contribution in [1.82, 2.24) is 0 Å². The Morgan fingerprint density at radius 1 is 1.75 bits per heavy atom. The number of hydrogen-bond donors (Lipinski definition) is 0. The minimum absolute atomic E-state index is 0. The van der Waals surface area contributed by atoms with E-state index in [1.807, 2.05) is 0 Å². The molecule has 0 bridgehead atoms. The van der Waals surface area contributed by atoms with Gasteiger partial charge in [-0.25, -0.2) is 0 Å². The zero-order chi connectivity index (χ0) is 2.71. The second-order valence-electron chi connectivity index (χ2n) is 0.0431. The summed E-state index contributed by atoms with van der Waals surface area (Å²) in [4.78, 5) is 0. The van der Waals surface area contributed by atoms with Crippen molar-refractivity contribution in [3.63, 3.8) is 0 Å². The molecule has 4 heavy (non-hydrogen) atoms. The van der Waals surface area contributed by atoms with Crippen LogP contribution in [0.15, 0.2) is 0 Å². The summed E-state index contributed by atoms with van der Waals surface area (Å²) in [5, 5.41) is 0. The average molecular weight is 378 g/mol. The van der Waals surface area contributed by atoms with Crippen LogP contribution in [-0.4, -0.2) is 0 Å². The van der Waals surface area contributed by atoms with Crippen LogP contribution in [0.3, 0.4) is 0 Å². The first kappa shape index (κ1) is 9.69. The second kappa shape index (κ2) is 9.08. The van der Waals surface area contributed by atoms with Crippen LogP contribution < -0.4 is 0 Å². The van der Waals surface area contributed by atoms with Crippen molar-refractivity contribution >= 4 is 32.0 Å². The predicted molar refractivity (Wildman–Crippen MR) is 22.9 cm³/mol. The zero-order valence-electron chi connectivity index (χ0n) is 1.36. The van der Waals surface area contributed by atoms with Crippen molar-refractivity contribution in [3.05, 3.63) is 0 Å². The maximum absolute atomic E-state index is 3.16. The number of rotatable bonds is 0. The van der Waals surface area contributed by atoms with Crippen molar-refractivity contribution in [2.24, 2.45) is 0 Å². The van der Waals surface area contributed by atoms with E-state index in [1.54, 1.807) is 0 Å². The van der Waals surface area contributed by atoms with Gasteiger partial charge in [-0.1, -0.05) is 0 Å². The first-order valence-corrected chi connectivity index (χ1v) is 8.03. The minimum atomic E-state index is 0. The third-order valence-corrected chi connectivity index (χ3v) is 0. The van der Waals surface area contributed by atoms with Crippen molar-refractivity contribution in [1.29, 1.82) is 0 Å². The van der Waals surface area contributed by atoms with Gasteiger partial charge in [0.25, 0.3) is 0 Å². The number of hydrogen-bond acceptors (Lipinski definition) is 0. The van der Waals surface area contributed by atoms with Crippen LogP contribution in [0.4, 0.5) is 0 Å². The molecule has 0 fully saturated rings. The molecule has 0 saturated carbocycles. The maximum Gasteiger partial charge on any atom is 0 e. The number of halogens is 2. The van der Waals surface area contributed by atoms with Crippen molar-refractivity contribution in [2.75, 3.05) is 0 Å². The molecule has 0 atom stereocenters. The Balaban J connectivity index is 0. The van der Waals surface area contributed by atoms with Gasteiger partial charge in [0.15, 0.2) is 0 Å². The zero-order valence-corrected chi connectivity index (χ0v) is 7.53. The van der Waals surface area contributed by atoms with Crippen LogP contribution >= 0.6 is 32.0 Å². The fourth-order valence-corrected chi connectivity index (χ4v) is 0. The van der Waals surface area contributed by atoms with Gasteiger partial charge in [-0.3, -0.25) is 0 Å². The van der Waals surface area contributed by atoms with Gasteiger partial charge in [-0.05, 0) is 0 Å². The van der Waals surface area contributed by atoms with E-state index in [0.717, 1.165) is 13.8 Å². The average Bonchev–Trinajstić information content (AvgIpc) is 0.918. The molecule has 1 radical (unpaired) electrons. The van der Waals surface area contributed by atoms with E-state index in [-0.39, 0.29) is 17.1 Å². The van der Waals surface area contributed by atoms with Crippen LogP contribution in [0.2, 0.25) is 0 Å². The standard InChI is InChI=1S/Ag.BrH.Cu.HI/h;1H;;1H/q+2;;;/p-2. The molecule has 0 rings (SSSR count). The molecule has 0 N–H and O–H groups in total. The molecule has 0 saturated heterocycles. The maximum atomic E-state index is 3.16. The summed E-state index contributed by atoms with van der Waals surface area (Å²) in [6.45, 7) is 0. The third-order valence-electron chi connectivity index (χ3n) is 0. The Labute approximate surface area is 61.8 Å². The monoisotopic (exact) mass is 376 g/mol. The van der Waals surface area contributed by atoms with Crippen LogP contribution in [0.25, 0.3) is 0 Å². The van der Waals surface area contributed by atoms with Gasteiger partial charge in [-0.2, -0.15) is 0 Å². The van der Waals surface area contributed by atoms with Gasteiger partial charge in [-0.15, -0.1) is 0 Å². The summed E-state index contributed by atoms with van der Waals surface area (Å²) in [6, 6.07) is 0. The largest absolute Gasteiger partial charge is 0 e.